The van der Waals surface area contributed by atoms with Crippen molar-refractivity contribution in [1.29, 1.82) is 0 Å². The van der Waals surface area contributed by atoms with Crippen molar-refractivity contribution in [1.82, 2.24) is 55.9 Å². The van der Waals surface area contributed by atoms with Crippen molar-refractivity contribution in [3.63, 3.8) is 0 Å². The molecule has 0 spiro atoms. The number of nitrogens with one attached hydrogen (secondary N) is 4. The quantitative estimate of drug-likeness (QED) is 0.0196. The fraction of sp³-hybridized carbons (Fsp3) is 0.550. The Morgan fingerprint density at radius 1 is 0.742 bits per heavy atom. The standard InChI is InChI=1S/C60H72F10N12O11/c1-56(2,3)93-55(88)78(8)30-46(83)92-45(29-80(77-50(85)48(75-54(87)90-10)58(6,7)60(68,69)70)28-40-41(61)22-36(23-42(40)62)43-19-20-81(76-43)51(63)64)44(73-49(84)47(74-53(86)89-9)57(4,5)59(65,66)67)21-34-14-11-33(12-15-34)13-16-35-24-71-52(72-25-35)79-26-37-17-18-38(27-79)82(37)39-31-91-32-39/h11-12,14-15,19-20,22-25,37-39,44-45,47-48,51H,17-18,21,26-32H2,1-10H3,(H,73,84)(H,74,86)(H,75,87)(H,77,85)/t37?,38?,44-,45-,47+,48+/m0/s1. The van der Waals surface area contributed by atoms with E-state index < -0.39 is 144 Å². The number of amides is 5. The number of ether oxygens (including phenoxy) is 5. The number of anilines is 1. The SMILES string of the molecule is COC(=O)N[C@H](C(=O)N[C@@H](Cc1ccc(C#Cc2cnc(N3CC4CCC(C3)N4C3COC3)nc2)cc1)[C@H](CN(Cc1c(F)cc(-c2ccn(C(F)F)n2)cc1F)NC(=O)[C@@H](NC(=O)OC)C(C)(C)C(F)(F)F)OC(=O)CN(C)C(=O)OC(C)(C)C)C(C)(C)C(F)(F)F. The smallest absolute Gasteiger partial charge is 0.410 e. The summed E-state index contributed by atoms with van der Waals surface area (Å²) >= 11 is 0. The van der Waals surface area contributed by atoms with Crippen LogP contribution in [0.25, 0.3) is 11.3 Å². The van der Waals surface area contributed by atoms with Gasteiger partial charge in [-0.15, -0.1) is 0 Å². The number of fused-ring (bicyclic) bond motifs is 2. The Hall–Kier alpha value is -8.51. The summed E-state index contributed by atoms with van der Waals surface area (Å²) in [5.74, 6) is -1.32. The van der Waals surface area contributed by atoms with Crippen molar-refractivity contribution in [3.8, 4) is 23.1 Å². The van der Waals surface area contributed by atoms with Gasteiger partial charge in [0.05, 0.1) is 68.1 Å². The number of methoxy groups -OCH3 is 2. The molecule has 7 rings (SSSR count). The second-order valence-corrected chi connectivity index (χ2v) is 24.6. The Labute approximate surface area is 528 Å². The minimum Gasteiger partial charge on any atom is -0.457 e. The minimum absolute atomic E-state index is 0.170. The van der Waals surface area contributed by atoms with Gasteiger partial charge in [0.15, 0.2) is 0 Å². The lowest BCUT2D eigenvalue weighted by Gasteiger charge is -2.47. The predicted molar refractivity (Wildman–Crippen MR) is 310 cm³/mol. The van der Waals surface area contributed by atoms with Gasteiger partial charge in [0, 0.05) is 74.0 Å². The van der Waals surface area contributed by atoms with Gasteiger partial charge >= 0.3 is 43.2 Å². The van der Waals surface area contributed by atoms with Gasteiger partial charge in [-0.25, -0.2) is 42.8 Å². The van der Waals surface area contributed by atoms with Crippen LogP contribution in [0.1, 0.15) is 90.1 Å². The molecule has 23 nitrogen and oxygen atoms in total. The van der Waals surface area contributed by atoms with E-state index in [-0.39, 0.29) is 15.9 Å². The van der Waals surface area contributed by atoms with Crippen LogP contribution in [0.4, 0.5) is 64.2 Å². The molecule has 3 fully saturated rings. The Bertz CT molecular complexity index is 3350. The molecule has 2 aromatic carbocycles. The fourth-order valence-corrected chi connectivity index (χ4v) is 10.5. The van der Waals surface area contributed by atoms with Crippen molar-refractivity contribution in [3.05, 3.63) is 94.9 Å². The highest BCUT2D eigenvalue weighted by molar-refractivity contribution is 5.87. The third kappa shape index (κ3) is 18.0. The summed E-state index contributed by atoms with van der Waals surface area (Å²) < 4.78 is 175. The highest BCUT2D eigenvalue weighted by atomic mass is 19.4. The molecule has 2 bridgehead atoms. The second-order valence-electron chi connectivity index (χ2n) is 24.6. The van der Waals surface area contributed by atoms with E-state index in [4.69, 9.17) is 14.2 Å². The van der Waals surface area contributed by atoms with Crippen molar-refractivity contribution in [2.45, 2.75) is 141 Å². The topological polar surface area (TPSA) is 253 Å². The molecule has 6 atom stereocenters. The first-order valence-corrected chi connectivity index (χ1v) is 29.1. The van der Waals surface area contributed by atoms with Crippen LogP contribution in [0.5, 0.6) is 0 Å². The van der Waals surface area contributed by atoms with Gasteiger partial charge in [0.1, 0.15) is 42.0 Å². The van der Waals surface area contributed by atoms with Crippen LogP contribution in [-0.4, -0.2) is 192 Å². The van der Waals surface area contributed by atoms with E-state index >= 15 is 8.78 Å². The number of hydrazine groups is 1. The van der Waals surface area contributed by atoms with E-state index in [9.17, 15) is 63.9 Å². The number of carbonyl (C=O) groups excluding carboxylic acids is 6. The van der Waals surface area contributed by atoms with Crippen molar-refractivity contribution >= 4 is 42.0 Å². The Balaban J connectivity index is 1.31. The van der Waals surface area contributed by atoms with Crippen molar-refractivity contribution < 1.29 is 96.4 Å². The number of alkyl carbamates (subject to hydrolysis) is 2. The molecule has 0 aliphatic carbocycles. The lowest BCUT2D eigenvalue weighted by Crippen LogP contribution is -2.64. The van der Waals surface area contributed by atoms with E-state index in [1.165, 1.54) is 45.0 Å². The molecule has 3 saturated heterocycles. The van der Waals surface area contributed by atoms with Crippen LogP contribution >= 0.6 is 0 Å². The molecule has 3 aliphatic rings. The number of carbonyl (C=O) groups is 6. The Morgan fingerprint density at radius 3 is 1.76 bits per heavy atom. The molecule has 5 heterocycles. The molecule has 508 valence electrons. The lowest BCUT2D eigenvalue weighted by atomic mass is 9.82. The molecule has 0 radical (unpaired) electrons. The molecule has 0 saturated carbocycles. The normalized spacial score (nSPS) is 17.6. The molecule has 2 aromatic heterocycles. The summed E-state index contributed by atoms with van der Waals surface area (Å²) in [6.45, 7) is 2.83. The number of aromatic nitrogens is 4. The minimum atomic E-state index is -5.32. The van der Waals surface area contributed by atoms with Crippen molar-refractivity contribution in [2.75, 3.05) is 65.6 Å². The first-order chi connectivity index (χ1) is 43.4. The van der Waals surface area contributed by atoms with Gasteiger partial charge in [-0.3, -0.25) is 24.7 Å². The Morgan fingerprint density at radius 2 is 1.28 bits per heavy atom. The summed E-state index contributed by atoms with van der Waals surface area (Å²) in [5, 5.41) is 10.1. The van der Waals surface area contributed by atoms with Crippen LogP contribution in [0.15, 0.2) is 61.1 Å². The first kappa shape index (κ1) is 71.9. The van der Waals surface area contributed by atoms with Gasteiger partial charge in [-0.2, -0.15) is 40.2 Å². The zero-order valence-electron chi connectivity index (χ0n) is 52.3. The van der Waals surface area contributed by atoms with Crippen LogP contribution in [-0.2, 0) is 51.0 Å². The number of rotatable bonds is 22. The number of benzene rings is 2. The number of piperazine rings is 1. The zero-order valence-corrected chi connectivity index (χ0v) is 52.3. The van der Waals surface area contributed by atoms with E-state index in [1.807, 2.05) is 5.32 Å². The number of esters is 1. The first-order valence-electron chi connectivity index (χ1n) is 29.1. The lowest BCUT2D eigenvalue weighted by molar-refractivity contribution is -0.221. The van der Waals surface area contributed by atoms with Crippen LogP contribution in [0.2, 0.25) is 0 Å². The number of alkyl halides is 8. The zero-order chi connectivity index (χ0) is 68.7. The Kier molecular flexibility index (Phi) is 22.6. The summed E-state index contributed by atoms with van der Waals surface area (Å²) in [4.78, 5) is 96.5. The van der Waals surface area contributed by atoms with Gasteiger partial charge in [0.25, 0.3) is 5.91 Å². The summed E-state index contributed by atoms with van der Waals surface area (Å²) in [7, 11) is 2.64. The van der Waals surface area contributed by atoms with Crippen LogP contribution < -0.4 is 26.3 Å². The summed E-state index contributed by atoms with van der Waals surface area (Å²) in [6.07, 6.45) is -11.6. The van der Waals surface area contributed by atoms with Crippen LogP contribution in [0, 0.1) is 34.3 Å². The molecule has 4 aromatic rings. The van der Waals surface area contributed by atoms with E-state index in [1.54, 1.807) is 17.7 Å². The predicted octanol–water partition coefficient (Wildman–Crippen LogP) is 7.43. The highest BCUT2D eigenvalue weighted by Gasteiger charge is 2.57. The largest absolute Gasteiger partial charge is 0.457 e. The van der Waals surface area contributed by atoms with E-state index in [2.05, 4.69) is 56.9 Å². The van der Waals surface area contributed by atoms with Gasteiger partial charge in [-0.1, -0.05) is 24.0 Å². The van der Waals surface area contributed by atoms with Crippen molar-refractivity contribution in [2.24, 2.45) is 10.8 Å². The monoisotopic (exact) mass is 1330 g/mol. The molecule has 4 N–H and O–H groups in total. The number of nitrogens with zero attached hydrogens (tertiary/aromatic N) is 8. The molecule has 5 amide bonds. The number of halogens is 10. The van der Waals surface area contributed by atoms with Gasteiger partial charge in [0.2, 0.25) is 11.9 Å². The molecular formula is C60H72F10N12O11. The highest BCUT2D eigenvalue weighted by Crippen LogP contribution is 2.42. The van der Waals surface area contributed by atoms with Gasteiger partial charge in [-0.05, 0) is 104 Å². The molecule has 93 heavy (non-hydrogen) atoms. The maximum absolute atomic E-state index is 16.5. The third-order valence-corrected chi connectivity index (χ3v) is 16.0. The second kappa shape index (κ2) is 29.2. The van der Waals surface area contributed by atoms with Crippen LogP contribution in [0.3, 0.4) is 0 Å². The molecule has 3 aliphatic heterocycles. The number of hydrogen-bond acceptors (Lipinski definition) is 17. The maximum atomic E-state index is 16.5. The average Bonchev–Trinajstić information content (AvgIpc) is 1.73. The van der Waals surface area contributed by atoms with Gasteiger partial charge < -0.3 is 49.4 Å². The fourth-order valence-electron chi connectivity index (χ4n) is 10.5. The average molecular weight is 1330 g/mol. The molecular weight excluding hydrogens is 1250 g/mol. The van der Waals surface area contributed by atoms with E-state index in [0.29, 0.717) is 93.3 Å². The summed E-state index contributed by atoms with van der Waals surface area (Å²) in [5.41, 5.74) is -6.27. The maximum Gasteiger partial charge on any atom is 0.410 e. The number of hydrogen-bond donors (Lipinski definition) is 4. The van der Waals surface area contributed by atoms with E-state index in [0.717, 1.165) is 64.4 Å². The number of likely N-dealkylation sites (N-methyl/N-ethyl adjacent to an activating group) is 1. The summed E-state index contributed by atoms with van der Waals surface area (Å²) in [6, 6.07) is 1.98. The third-order valence-electron chi connectivity index (χ3n) is 16.0. The molecule has 2 unspecified atom stereocenters. The molecule has 33 heteroatoms.